The Hall–Kier alpha value is 0.430. The molecule has 0 aromatic rings. The molecular formula is C14H32P+. The first-order valence-electron chi connectivity index (χ1n) is 6.86. The topological polar surface area (TPSA) is 0 Å². The van der Waals surface area contributed by atoms with Crippen molar-refractivity contribution in [1.29, 1.82) is 0 Å². The van der Waals surface area contributed by atoms with Crippen LogP contribution in [0.5, 0.6) is 0 Å². The molecule has 0 unspecified atom stereocenters. The van der Waals surface area contributed by atoms with Crippen LogP contribution in [0.15, 0.2) is 0 Å². The summed E-state index contributed by atoms with van der Waals surface area (Å²) in [6, 6.07) is 0. The quantitative estimate of drug-likeness (QED) is 0.347. The number of unbranched alkanes of at least 4 members (excludes halogenated alkanes) is 8. The van der Waals surface area contributed by atoms with Crippen molar-refractivity contribution in [3.63, 3.8) is 0 Å². The molecule has 0 N–H and O–H groups in total. The van der Waals surface area contributed by atoms with E-state index < -0.39 is 7.26 Å². The average Bonchev–Trinajstić information content (AvgIpc) is 2.14. The molecule has 0 atom stereocenters. The van der Waals surface area contributed by atoms with Crippen molar-refractivity contribution in [3.8, 4) is 0 Å². The first-order chi connectivity index (χ1) is 7.06. The van der Waals surface area contributed by atoms with Crippen molar-refractivity contribution >= 4 is 7.26 Å². The Morgan fingerprint density at radius 1 is 0.600 bits per heavy atom. The lowest BCUT2D eigenvalue weighted by Gasteiger charge is -2.10. The van der Waals surface area contributed by atoms with Crippen LogP contribution in [0.3, 0.4) is 0 Å². The fraction of sp³-hybridized carbons (Fsp3) is 1.00. The zero-order valence-corrected chi connectivity index (χ0v) is 12.4. The van der Waals surface area contributed by atoms with Gasteiger partial charge in [0, 0.05) is 27.3 Å². The standard InChI is InChI=1S/C14H32P/c1-5-6-7-8-9-10-11-12-13-14-15(2,3)4/h5-14H2,1-4H3/q+1. The fourth-order valence-corrected chi connectivity index (χ4v) is 3.07. The highest BCUT2D eigenvalue weighted by Gasteiger charge is 2.15. The van der Waals surface area contributed by atoms with Crippen LogP contribution in [0.25, 0.3) is 0 Å². The molecule has 0 saturated carbocycles. The SMILES string of the molecule is CCCCCCCCCCC[P+](C)(C)C. The van der Waals surface area contributed by atoms with E-state index in [1.54, 1.807) is 0 Å². The summed E-state index contributed by atoms with van der Waals surface area (Å²) in [5, 5.41) is 0. The van der Waals surface area contributed by atoms with Gasteiger partial charge in [-0.15, -0.1) is 0 Å². The van der Waals surface area contributed by atoms with Gasteiger partial charge in [0.25, 0.3) is 0 Å². The Morgan fingerprint density at radius 2 is 1.00 bits per heavy atom. The highest BCUT2D eigenvalue weighted by atomic mass is 31.2. The Bertz CT molecular complexity index is 124. The van der Waals surface area contributed by atoms with Crippen molar-refractivity contribution in [3.05, 3.63) is 0 Å². The summed E-state index contributed by atoms with van der Waals surface area (Å²) in [7, 11) is -0.486. The molecule has 0 radical (unpaired) electrons. The van der Waals surface area contributed by atoms with Gasteiger partial charge in [0.1, 0.15) is 0 Å². The molecule has 92 valence electrons. The highest BCUT2D eigenvalue weighted by Crippen LogP contribution is 2.47. The Kier molecular flexibility index (Phi) is 9.92. The van der Waals surface area contributed by atoms with Crippen LogP contribution in [0, 0.1) is 0 Å². The number of hydrogen-bond donors (Lipinski definition) is 0. The van der Waals surface area contributed by atoms with Gasteiger partial charge in [-0.25, -0.2) is 0 Å². The second-order valence-corrected chi connectivity index (χ2v) is 10.9. The van der Waals surface area contributed by atoms with Gasteiger partial charge in [0.05, 0.1) is 6.16 Å². The first-order valence-corrected chi connectivity index (χ1v) is 10.2. The van der Waals surface area contributed by atoms with Crippen LogP contribution in [0.1, 0.15) is 64.7 Å². The van der Waals surface area contributed by atoms with E-state index in [0.717, 1.165) is 0 Å². The van der Waals surface area contributed by atoms with Crippen molar-refractivity contribution in [2.75, 3.05) is 26.2 Å². The van der Waals surface area contributed by atoms with Gasteiger partial charge in [-0.05, 0) is 12.8 Å². The van der Waals surface area contributed by atoms with Crippen molar-refractivity contribution < 1.29 is 0 Å². The van der Waals surface area contributed by atoms with Crippen molar-refractivity contribution in [1.82, 2.24) is 0 Å². The molecule has 0 aromatic heterocycles. The second kappa shape index (κ2) is 9.64. The van der Waals surface area contributed by atoms with E-state index in [-0.39, 0.29) is 0 Å². The Balaban J connectivity index is 2.99. The van der Waals surface area contributed by atoms with Gasteiger partial charge >= 0.3 is 0 Å². The van der Waals surface area contributed by atoms with E-state index in [2.05, 4.69) is 26.9 Å². The van der Waals surface area contributed by atoms with Gasteiger partial charge in [0.2, 0.25) is 0 Å². The van der Waals surface area contributed by atoms with E-state index >= 15 is 0 Å². The van der Waals surface area contributed by atoms with Crippen LogP contribution in [-0.2, 0) is 0 Å². The third-order valence-corrected chi connectivity index (χ3v) is 4.59. The normalized spacial score (nSPS) is 12.0. The molecule has 0 spiro atoms. The van der Waals surface area contributed by atoms with Crippen LogP contribution in [0.4, 0.5) is 0 Å². The van der Waals surface area contributed by atoms with E-state index in [4.69, 9.17) is 0 Å². The molecule has 0 aliphatic heterocycles. The predicted octanol–water partition coefficient (Wildman–Crippen LogP) is 5.42. The van der Waals surface area contributed by atoms with Crippen molar-refractivity contribution in [2.45, 2.75) is 64.7 Å². The summed E-state index contributed by atoms with van der Waals surface area (Å²) in [5.41, 5.74) is 0. The molecule has 0 aromatic carbocycles. The summed E-state index contributed by atoms with van der Waals surface area (Å²) >= 11 is 0. The Morgan fingerprint density at radius 3 is 1.40 bits per heavy atom. The number of rotatable bonds is 10. The second-order valence-electron chi connectivity index (χ2n) is 5.84. The van der Waals surface area contributed by atoms with Gasteiger partial charge in [0.15, 0.2) is 0 Å². The molecule has 0 aliphatic carbocycles. The molecule has 15 heavy (non-hydrogen) atoms. The fourth-order valence-electron chi connectivity index (χ4n) is 1.90. The molecule has 0 rings (SSSR count). The predicted molar refractivity (Wildman–Crippen MR) is 76.8 cm³/mol. The average molecular weight is 231 g/mol. The monoisotopic (exact) mass is 231 g/mol. The largest absolute Gasteiger partial charge is 0.0654 e. The lowest BCUT2D eigenvalue weighted by molar-refractivity contribution is 0.573. The van der Waals surface area contributed by atoms with Gasteiger partial charge in [-0.1, -0.05) is 51.9 Å². The zero-order valence-electron chi connectivity index (χ0n) is 11.5. The summed E-state index contributed by atoms with van der Waals surface area (Å²) < 4.78 is 0. The molecule has 0 fully saturated rings. The zero-order chi connectivity index (χ0) is 11.6. The van der Waals surface area contributed by atoms with E-state index in [9.17, 15) is 0 Å². The van der Waals surface area contributed by atoms with Gasteiger partial charge in [-0.2, -0.15) is 0 Å². The van der Waals surface area contributed by atoms with Crippen LogP contribution < -0.4 is 0 Å². The first kappa shape index (κ1) is 15.4. The van der Waals surface area contributed by atoms with Gasteiger partial charge < -0.3 is 0 Å². The molecule has 0 saturated heterocycles. The van der Waals surface area contributed by atoms with Crippen LogP contribution >= 0.6 is 7.26 Å². The highest BCUT2D eigenvalue weighted by molar-refractivity contribution is 7.73. The maximum Gasteiger partial charge on any atom is 0.0586 e. The molecule has 0 bridgehead atoms. The van der Waals surface area contributed by atoms with E-state index in [1.807, 2.05) is 0 Å². The third kappa shape index (κ3) is 14.4. The third-order valence-electron chi connectivity index (χ3n) is 2.93. The maximum atomic E-state index is 2.46. The van der Waals surface area contributed by atoms with Crippen molar-refractivity contribution in [2.24, 2.45) is 0 Å². The molecule has 1 heteroatoms. The van der Waals surface area contributed by atoms with Crippen LogP contribution in [0.2, 0.25) is 0 Å². The summed E-state index contributed by atoms with van der Waals surface area (Å²) in [5.74, 6) is 0. The van der Waals surface area contributed by atoms with E-state index in [0.29, 0.717) is 0 Å². The minimum absolute atomic E-state index is 0.486. The molecule has 0 heterocycles. The smallest absolute Gasteiger partial charge is 0.0586 e. The minimum atomic E-state index is -0.486. The lowest BCUT2D eigenvalue weighted by atomic mass is 10.1. The van der Waals surface area contributed by atoms with E-state index in [1.165, 1.54) is 63.9 Å². The molecule has 0 nitrogen and oxygen atoms in total. The minimum Gasteiger partial charge on any atom is -0.0654 e. The molecule has 0 amide bonds. The summed E-state index contributed by atoms with van der Waals surface area (Å²) in [4.78, 5) is 0. The summed E-state index contributed by atoms with van der Waals surface area (Å²) in [6.07, 6.45) is 14.6. The number of hydrogen-bond acceptors (Lipinski definition) is 0. The molecule has 0 aliphatic rings. The van der Waals surface area contributed by atoms with Crippen LogP contribution in [-0.4, -0.2) is 26.2 Å². The Labute approximate surface area is 98.6 Å². The summed E-state index contributed by atoms with van der Waals surface area (Å²) in [6.45, 7) is 9.66. The lowest BCUT2D eigenvalue weighted by Crippen LogP contribution is -1.92. The molecular weight excluding hydrogens is 199 g/mol. The maximum absolute atomic E-state index is 2.46. The van der Waals surface area contributed by atoms with Gasteiger partial charge in [-0.3, -0.25) is 0 Å².